The molecule has 0 amide bonds. The van der Waals surface area contributed by atoms with Crippen molar-refractivity contribution >= 4 is 11.3 Å². The summed E-state index contributed by atoms with van der Waals surface area (Å²) in [4.78, 5) is 2.16. The van der Waals surface area contributed by atoms with Crippen LogP contribution in [0.25, 0.3) is 0 Å². The van der Waals surface area contributed by atoms with Crippen molar-refractivity contribution < 1.29 is 8.76 Å². The normalized spacial score (nSPS) is 29.6. The van der Waals surface area contributed by atoms with Gasteiger partial charge in [-0.1, -0.05) is 0 Å². The van der Waals surface area contributed by atoms with E-state index in [-0.39, 0.29) is 6.04 Å². The molecule has 0 aromatic rings. The van der Waals surface area contributed by atoms with E-state index in [4.69, 9.17) is 4.55 Å². The molecule has 1 saturated heterocycles. The van der Waals surface area contributed by atoms with E-state index in [1.165, 1.54) is 4.31 Å². The summed E-state index contributed by atoms with van der Waals surface area (Å²) in [6.07, 6.45) is 0.985. The van der Waals surface area contributed by atoms with Crippen LogP contribution in [0.15, 0.2) is 0 Å². The van der Waals surface area contributed by atoms with Crippen molar-refractivity contribution in [2.24, 2.45) is 0 Å². The summed E-state index contributed by atoms with van der Waals surface area (Å²) in [5.41, 5.74) is 0. The van der Waals surface area contributed by atoms with E-state index in [9.17, 15) is 4.21 Å². The van der Waals surface area contributed by atoms with Crippen LogP contribution < -0.4 is 0 Å². The third kappa shape index (κ3) is 2.23. The minimum Gasteiger partial charge on any atom is -0.305 e. The van der Waals surface area contributed by atoms with Crippen molar-refractivity contribution in [3.05, 3.63) is 0 Å². The third-order valence-electron chi connectivity index (χ3n) is 2.13. The maximum absolute atomic E-state index is 10.6. The number of nitrogens with zero attached hydrogens (tertiary/aromatic N) is 2. The van der Waals surface area contributed by atoms with E-state index in [0.29, 0.717) is 0 Å². The molecule has 1 aliphatic heterocycles. The SMILES string of the molecule is CN1CCC(N(C)S(=O)O)C1. The first-order chi connectivity index (χ1) is 5.11. The zero-order valence-corrected chi connectivity index (χ0v) is 7.67. The number of rotatable bonds is 2. The van der Waals surface area contributed by atoms with Crippen LogP contribution in [0.3, 0.4) is 0 Å². The Labute approximate surface area is 69.6 Å². The molecule has 4 nitrogen and oxygen atoms in total. The number of hydrogen-bond donors (Lipinski definition) is 1. The van der Waals surface area contributed by atoms with Gasteiger partial charge in [0.25, 0.3) is 0 Å². The van der Waals surface area contributed by atoms with E-state index >= 15 is 0 Å². The first-order valence-electron chi connectivity index (χ1n) is 3.63. The molecule has 0 saturated carbocycles. The predicted molar refractivity (Wildman–Crippen MR) is 44.4 cm³/mol. The lowest BCUT2D eigenvalue weighted by molar-refractivity contribution is 0.339. The fraction of sp³-hybridized carbons (Fsp3) is 1.00. The molecule has 5 heteroatoms. The first-order valence-corrected chi connectivity index (χ1v) is 4.70. The standard InChI is InChI=1S/C6H14N2O2S/c1-7-4-3-6(5-7)8(2)11(9)10/h6H,3-5H2,1-2H3,(H,9,10). The van der Waals surface area contributed by atoms with Crippen molar-refractivity contribution in [1.82, 2.24) is 9.21 Å². The average Bonchev–Trinajstić information content (AvgIpc) is 2.34. The van der Waals surface area contributed by atoms with Crippen molar-refractivity contribution in [3.63, 3.8) is 0 Å². The lowest BCUT2D eigenvalue weighted by Crippen LogP contribution is -2.34. The second-order valence-corrected chi connectivity index (χ2v) is 4.02. The van der Waals surface area contributed by atoms with Crippen LogP contribution in [-0.4, -0.2) is 51.2 Å². The fourth-order valence-electron chi connectivity index (χ4n) is 1.34. The monoisotopic (exact) mass is 178 g/mol. The van der Waals surface area contributed by atoms with Gasteiger partial charge in [-0.2, -0.15) is 4.31 Å². The lowest BCUT2D eigenvalue weighted by Gasteiger charge is -2.18. The molecule has 2 unspecified atom stereocenters. The summed E-state index contributed by atoms with van der Waals surface area (Å²) in [5, 5.41) is 0. The van der Waals surface area contributed by atoms with Crippen molar-refractivity contribution in [2.45, 2.75) is 12.5 Å². The summed E-state index contributed by atoms with van der Waals surface area (Å²) in [7, 11) is 3.70. The maximum atomic E-state index is 10.6. The van der Waals surface area contributed by atoms with Gasteiger partial charge in [-0.25, -0.2) is 4.21 Å². The van der Waals surface area contributed by atoms with Gasteiger partial charge in [0, 0.05) is 19.6 Å². The van der Waals surface area contributed by atoms with Gasteiger partial charge in [0.15, 0.2) is 0 Å². The van der Waals surface area contributed by atoms with Gasteiger partial charge in [0.1, 0.15) is 0 Å². The molecule has 0 spiro atoms. The number of likely N-dealkylation sites (tertiary alicyclic amines) is 1. The largest absolute Gasteiger partial charge is 0.305 e. The zero-order chi connectivity index (χ0) is 8.43. The fourth-order valence-corrected chi connectivity index (χ4v) is 1.76. The Morgan fingerprint density at radius 3 is 2.73 bits per heavy atom. The molecule has 66 valence electrons. The Balaban J connectivity index is 2.43. The second kappa shape index (κ2) is 3.62. The third-order valence-corrected chi connectivity index (χ3v) is 2.92. The molecule has 0 aromatic heterocycles. The summed E-state index contributed by atoms with van der Waals surface area (Å²) < 4.78 is 20.9. The molecular formula is C6H14N2O2S. The Kier molecular flexibility index (Phi) is 3.00. The van der Waals surface area contributed by atoms with E-state index < -0.39 is 11.3 Å². The minimum absolute atomic E-state index is 0.242. The Hall–Kier alpha value is 0.0300. The highest BCUT2D eigenvalue weighted by Crippen LogP contribution is 2.12. The van der Waals surface area contributed by atoms with E-state index in [2.05, 4.69) is 4.90 Å². The average molecular weight is 178 g/mol. The highest BCUT2D eigenvalue weighted by Gasteiger charge is 2.25. The summed E-state index contributed by atoms with van der Waals surface area (Å²) >= 11 is -1.81. The van der Waals surface area contributed by atoms with Gasteiger partial charge >= 0.3 is 0 Å². The molecular weight excluding hydrogens is 164 g/mol. The van der Waals surface area contributed by atoms with Crippen molar-refractivity contribution in [2.75, 3.05) is 27.2 Å². The summed E-state index contributed by atoms with van der Waals surface area (Å²) in [6, 6.07) is 0.242. The Morgan fingerprint density at radius 2 is 2.36 bits per heavy atom. The van der Waals surface area contributed by atoms with Gasteiger partial charge in [-0.15, -0.1) is 0 Å². The summed E-state index contributed by atoms with van der Waals surface area (Å²) in [5.74, 6) is 0. The van der Waals surface area contributed by atoms with Crippen LogP contribution in [0.4, 0.5) is 0 Å². The van der Waals surface area contributed by atoms with Crippen molar-refractivity contribution in [1.29, 1.82) is 0 Å². The lowest BCUT2D eigenvalue weighted by atomic mass is 10.3. The van der Waals surface area contributed by atoms with E-state index in [1.54, 1.807) is 7.05 Å². The van der Waals surface area contributed by atoms with Crippen LogP contribution in [0.1, 0.15) is 6.42 Å². The van der Waals surface area contributed by atoms with Gasteiger partial charge in [0.05, 0.1) is 0 Å². The van der Waals surface area contributed by atoms with Crippen molar-refractivity contribution in [3.8, 4) is 0 Å². The quantitative estimate of drug-likeness (QED) is 0.593. The van der Waals surface area contributed by atoms with Crippen LogP contribution in [0.5, 0.6) is 0 Å². The Morgan fingerprint density at radius 1 is 1.73 bits per heavy atom. The van der Waals surface area contributed by atoms with Crippen LogP contribution in [-0.2, 0) is 11.3 Å². The number of likely N-dealkylation sites (N-methyl/N-ethyl adjacent to an activating group) is 2. The number of hydrogen-bond acceptors (Lipinski definition) is 2. The van der Waals surface area contributed by atoms with Gasteiger partial charge in [-0.3, -0.25) is 4.55 Å². The molecule has 1 N–H and O–H groups in total. The molecule has 1 heterocycles. The maximum Gasteiger partial charge on any atom is 0.234 e. The van der Waals surface area contributed by atoms with E-state index in [0.717, 1.165) is 19.5 Å². The molecule has 2 atom stereocenters. The highest BCUT2D eigenvalue weighted by molar-refractivity contribution is 7.76. The zero-order valence-electron chi connectivity index (χ0n) is 6.86. The molecule has 0 radical (unpaired) electrons. The first kappa shape index (κ1) is 9.12. The van der Waals surface area contributed by atoms with Gasteiger partial charge in [0.2, 0.25) is 11.3 Å². The Bertz CT molecular complexity index is 165. The van der Waals surface area contributed by atoms with Gasteiger partial charge in [-0.05, 0) is 20.0 Å². The van der Waals surface area contributed by atoms with Gasteiger partial charge < -0.3 is 4.90 Å². The smallest absolute Gasteiger partial charge is 0.234 e. The molecule has 1 aliphatic rings. The molecule has 0 bridgehead atoms. The molecule has 11 heavy (non-hydrogen) atoms. The van der Waals surface area contributed by atoms with E-state index in [1.807, 2.05) is 7.05 Å². The molecule has 0 aliphatic carbocycles. The minimum atomic E-state index is -1.81. The second-order valence-electron chi connectivity index (χ2n) is 2.98. The molecule has 0 aromatic carbocycles. The van der Waals surface area contributed by atoms with Crippen LogP contribution in [0, 0.1) is 0 Å². The molecule has 1 fully saturated rings. The molecule has 1 rings (SSSR count). The topological polar surface area (TPSA) is 43.8 Å². The van der Waals surface area contributed by atoms with Crippen LogP contribution >= 0.6 is 0 Å². The van der Waals surface area contributed by atoms with Crippen LogP contribution in [0.2, 0.25) is 0 Å². The summed E-state index contributed by atoms with van der Waals surface area (Å²) in [6.45, 7) is 1.91. The highest BCUT2D eigenvalue weighted by atomic mass is 32.2. The predicted octanol–water partition coefficient (Wildman–Crippen LogP) is -0.241.